The van der Waals surface area contributed by atoms with E-state index in [1.165, 1.54) is 140 Å². The summed E-state index contributed by atoms with van der Waals surface area (Å²) in [6.45, 7) is 10.5. The Kier molecular flexibility index (Phi) is 23.4. The molecule has 0 fully saturated rings. The molecule has 8 heteroatoms. The van der Waals surface area contributed by atoms with Gasteiger partial charge in [0.05, 0.1) is 30.1 Å². The van der Waals surface area contributed by atoms with Crippen molar-refractivity contribution in [1.29, 1.82) is 0 Å². The molecule has 0 aliphatic carbocycles. The minimum absolute atomic E-state index is 0.127. The maximum Gasteiger partial charge on any atom is 0.260 e. The number of unbranched alkanes of at least 4 members (excludes halogenated alkanes) is 24. The Morgan fingerprint density at radius 2 is 0.694 bits per heavy atom. The van der Waals surface area contributed by atoms with Crippen LogP contribution in [0.5, 0.6) is 0 Å². The number of thiophene rings is 2. The monoisotopic (exact) mass is 1010 g/mol. The number of hydrogen-bond acceptors (Lipinski definition) is 4. The van der Waals surface area contributed by atoms with E-state index in [-0.39, 0.29) is 11.8 Å². The molecule has 4 heterocycles. The summed E-state index contributed by atoms with van der Waals surface area (Å²) < 4.78 is 2.17. The second-order valence-corrected chi connectivity index (χ2v) is 23.2. The molecule has 0 spiro atoms. The van der Waals surface area contributed by atoms with Gasteiger partial charge in [-0.3, -0.25) is 9.59 Å². The van der Waals surface area contributed by atoms with Crippen molar-refractivity contribution in [3.63, 3.8) is 0 Å². The molecule has 1 aromatic carbocycles. The van der Waals surface area contributed by atoms with Crippen molar-refractivity contribution in [3.05, 3.63) is 63.2 Å². The number of nitrogens with zero attached hydrogens (tertiary/aromatic N) is 2. The van der Waals surface area contributed by atoms with Gasteiger partial charge in [0.25, 0.3) is 11.8 Å². The molecule has 0 radical (unpaired) electrons. The number of carbonyl (C=O) groups is 2. The smallest absolute Gasteiger partial charge is 0.260 e. The molecular formula is C54H80Br2N2O2S2. The van der Waals surface area contributed by atoms with E-state index >= 15 is 0 Å². The van der Waals surface area contributed by atoms with Crippen LogP contribution in [0.25, 0.3) is 11.1 Å². The zero-order chi connectivity index (χ0) is 44.1. The van der Waals surface area contributed by atoms with Crippen LogP contribution in [0, 0.1) is 0 Å². The number of aryl methyl sites for hydroxylation is 2. The number of rotatable bonds is 34. The fraction of sp³-hybridized carbons (Fsp3) is 0.667. The van der Waals surface area contributed by atoms with Gasteiger partial charge in [0.15, 0.2) is 0 Å². The molecular weight excluding hydrogens is 933 g/mol. The van der Waals surface area contributed by atoms with Crippen molar-refractivity contribution in [1.82, 2.24) is 0 Å². The van der Waals surface area contributed by atoms with Gasteiger partial charge in [-0.05, 0) is 106 Å². The maximum absolute atomic E-state index is 14.9. The molecule has 4 nitrogen and oxygen atoms in total. The fourth-order valence-electron chi connectivity index (χ4n) is 9.61. The standard InChI is InChI=1S/C54H80Br2N2O2S2/c1-5-9-13-17-19-21-23-25-27-29-33-41-37-47(55)61-51(41)49-43-39-46-44(40-45(43)57(53(49)59)35-31-15-11-7-3)50(54(60)58(46)36-32-16-12-8-4)52-42(38-48(56)62-52)34-30-28-26-24-22-20-18-14-10-6-2/h37-40H,5-36H2,1-4H3. The number of benzene rings is 1. The summed E-state index contributed by atoms with van der Waals surface area (Å²) in [5.41, 5.74) is 6.21. The zero-order valence-electron chi connectivity index (χ0n) is 39.2. The van der Waals surface area contributed by atoms with Crippen LogP contribution < -0.4 is 20.2 Å². The third kappa shape index (κ3) is 14.6. The highest BCUT2D eigenvalue weighted by Gasteiger charge is 2.37. The molecule has 0 saturated heterocycles. The van der Waals surface area contributed by atoms with Gasteiger partial charge in [-0.15, -0.1) is 22.7 Å². The van der Waals surface area contributed by atoms with E-state index in [1.807, 2.05) is 0 Å². The van der Waals surface area contributed by atoms with Crippen LogP contribution in [-0.4, -0.2) is 24.9 Å². The predicted octanol–water partition coefficient (Wildman–Crippen LogP) is 16.5. The SMILES string of the molecule is CCCCCCCCCCCCc1cc(Br)sc1C1=c2cc3c(cc2N(CCCCCC)C1=O)=C(c1sc(Br)cc1CCCCCCCCCCCC)C(=O)N3CCCCCC. The summed E-state index contributed by atoms with van der Waals surface area (Å²) in [7, 11) is 0. The molecule has 0 atom stereocenters. The number of hydrogen-bond donors (Lipinski definition) is 0. The average Bonchev–Trinajstić information content (AvgIpc) is 3.97. The van der Waals surface area contributed by atoms with Gasteiger partial charge in [-0.2, -0.15) is 0 Å². The molecule has 0 unspecified atom stereocenters. The van der Waals surface area contributed by atoms with Gasteiger partial charge in [-0.1, -0.05) is 182 Å². The first-order valence-corrected chi connectivity index (χ1v) is 28.7. The van der Waals surface area contributed by atoms with Gasteiger partial charge < -0.3 is 9.80 Å². The highest BCUT2D eigenvalue weighted by molar-refractivity contribution is 9.11. The predicted molar refractivity (Wildman–Crippen MR) is 279 cm³/mol. The summed E-state index contributed by atoms with van der Waals surface area (Å²) >= 11 is 11.1. The number of fused-ring (bicyclic) bond motifs is 2. The van der Waals surface area contributed by atoms with Gasteiger partial charge in [0.1, 0.15) is 0 Å². The van der Waals surface area contributed by atoms with Crippen LogP contribution >= 0.6 is 54.5 Å². The first-order chi connectivity index (χ1) is 30.3. The molecule has 2 amide bonds. The second kappa shape index (κ2) is 28.3. The van der Waals surface area contributed by atoms with Crippen molar-refractivity contribution in [3.8, 4) is 0 Å². The Morgan fingerprint density at radius 1 is 0.403 bits per heavy atom. The van der Waals surface area contributed by atoms with Gasteiger partial charge in [0, 0.05) is 33.3 Å². The number of anilines is 2. The molecule has 0 bridgehead atoms. The number of carbonyl (C=O) groups excluding carboxylic acids is 2. The lowest BCUT2D eigenvalue weighted by molar-refractivity contribution is -0.113. The lowest BCUT2D eigenvalue weighted by Crippen LogP contribution is -2.31. The topological polar surface area (TPSA) is 40.6 Å². The molecule has 62 heavy (non-hydrogen) atoms. The van der Waals surface area contributed by atoms with E-state index in [0.29, 0.717) is 13.1 Å². The van der Waals surface area contributed by atoms with E-state index in [1.54, 1.807) is 22.7 Å². The highest BCUT2D eigenvalue weighted by atomic mass is 79.9. The lowest BCUT2D eigenvalue weighted by atomic mass is 10.0. The molecule has 2 aliphatic heterocycles. The first kappa shape index (κ1) is 51.2. The summed E-state index contributed by atoms with van der Waals surface area (Å²) in [6, 6.07) is 9.03. The van der Waals surface area contributed by atoms with Crippen LogP contribution in [0.1, 0.15) is 228 Å². The average molecular weight is 1010 g/mol. The number of halogens is 2. The van der Waals surface area contributed by atoms with Crippen molar-refractivity contribution in [2.75, 3.05) is 22.9 Å². The van der Waals surface area contributed by atoms with Crippen LogP contribution in [0.2, 0.25) is 0 Å². The third-order valence-corrected chi connectivity index (χ3v) is 16.6. The summed E-state index contributed by atoms with van der Waals surface area (Å²) in [5, 5.41) is 2.02. The minimum atomic E-state index is 0.127. The minimum Gasteiger partial charge on any atom is -0.308 e. The Hall–Kier alpha value is -1.74. The zero-order valence-corrected chi connectivity index (χ0v) is 44.0. The Morgan fingerprint density at radius 3 is 1.02 bits per heavy atom. The molecule has 3 aromatic rings. The summed E-state index contributed by atoms with van der Waals surface area (Å²) in [6.07, 6.45) is 37.1. The van der Waals surface area contributed by atoms with Crippen molar-refractivity contribution in [2.24, 2.45) is 0 Å². The van der Waals surface area contributed by atoms with Gasteiger partial charge in [0.2, 0.25) is 0 Å². The van der Waals surface area contributed by atoms with Gasteiger partial charge >= 0.3 is 0 Å². The molecule has 0 N–H and O–H groups in total. The fourth-order valence-corrected chi connectivity index (χ4v) is 13.1. The van der Waals surface area contributed by atoms with E-state index in [0.717, 1.165) is 114 Å². The van der Waals surface area contributed by atoms with E-state index in [2.05, 4.69) is 93.6 Å². The third-order valence-electron chi connectivity index (χ3n) is 13.2. The molecule has 344 valence electrons. The quantitative estimate of drug-likeness (QED) is 0.0559. The van der Waals surface area contributed by atoms with E-state index in [4.69, 9.17) is 0 Å². The molecule has 5 rings (SSSR count). The van der Waals surface area contributed by atoms with Crippen LogP contribution in [0.15, 0.2) is 31.8 Å². The Balaban J connectivity index is 1.46. The lowest BCUT2D eigenvalue weighted by Gasteiger charge is -2.20. The molecule has 0 saturated carbocycles. The van der Waals surface area contributed by atoms with Crippen LogP contribution in [0.3, 0.4) is 0 Å². The van der Waals surface area contributed by atoms with Crippen LogP contribution in [-0.2, 0) is 22.4 Å². The second-order valence-electron chi connectivity index (χ2n) is 18.3. The Labute approximate surface area is 402 Å². The van der Waals surface area contributed by atoms with Crippen molar-refractivity contribution < 1.29 is 9.59 Å². The van der Waals surface area contributed by atoms with Crippen molar-refractivity contribution >= 4 is 88.9 Å². The maximum atomic E-state index is 14.9. The Bertz CT molecular complexity index is 1820. The normalized spacial score (nSPS) is 13.7. The van der Waals surface area contributed by atoms with Crippen LogP contribution in [0.4, 0.5) is 11.4 Å². The summed E-state index contributed by atoms with van der Waals surface area (Å²) in [4.78, 5) is 36.2. The first-order valence-electron chi connectivity index (χ1n) is 25.5. The molecule has 2 aliphatic rings. The largest absolute Gasteiger partial charge is 0.308 e. The van der Waals surface area contributed by atoms with Gasteiger partial charge in [-0.25, -0.2) is 0 Å². The summed E-state index contributed by atoms with van der Waals surface area (Å²) in [5.74, 6) is 0.253. The van der Waals surface area contributed by atoms with E-state index < -0.39 is 0 Å². The highest BCUT2D eigenvalue weighted by Crippen LogP contribution is 2.40. The van der Waals surface area contributed by atoms with Crippen molar-refractivity contribution in [2.45, 2.75) is 220 Å². The van der Waals surface area contributed by atoms with E-state index in [9.17, 15) is 9.59 Å². The number of amides is 2. The molecule has 2 aromatic heterocycles.